The molecule has 11 heteroatoms. The van der Waals surface area contributed by atoms with Gasteiger partial charge in [-0.05, 0) is 44.2 Å². The van der Waals surface area contributed by atoms with Crippen LogP contribution in [-0.4, -0.2) is 88.8 Å². The Bertz CT molecular complexity index is 931. The molecule has 0 aromatic heterocycles. The Hall–Kier alpha value is -1.53. The van der Waals surface area contributed by atoms with Gasteiger partial charge in [-0.25, -0.2) is 21.1 Å². The molecule has 29 heavy (non-hydrogen) atoms. The number of benzene rings is 1. The van der Waals surface area contributed by atoms with Crippen LogP contribution in [0.3, 0.4) is 0 Å². The van der Waals surface area contributed by atoms with E-state index in [2.05, 4.69) is 10.2 Å². The Balaban J connectivity index is 1.59. The molecule has 0 atom stereocenters. The van der Waals surface area contributed by atoms with Crippen molar-refractivity contribution in [2.24, 2.45) is 5.92 Å². The van der Waals surface area contributed by atoms with Crippen molar-refractivity contribution in [2.75, 3.05) is 57.9 Å². The number of carbonyl (C=O) groups excluding carboxylic acids is 1. The average molecular weight is 445 g/mol. The number of sulfonamides is 2. The van der Waals surface area contributed by atoms with E-state index in [1.54, 1.807) is 12.1 Å². The summed E-state index contributed by atoms with van der Waals surface area (Å²) in [6, 6.07) is 6.20. The van der Waals surface area contributed by atoms with Gasteiger partial charge >= 0.3 is 0 Å². The number of anilines is 1. The van der Waals surface area contributed by atoms with E-state index < -0.39 is 20.0 Å². The lowest BCUT2D eigenvalue weighted by molar-refractivity contribution is -0.120. The first-order valence-corrected chi connectivity index (χ1v) is 12.9. The predicted molar refractivity (Wildman–Crippen MR) is 110 cm³/mol. The SMILES string of the molecule is CN1CCN(S(=O)(=O)c2ccc(NC(=O)C3CCN(S(C)(=O)=O)CC3)cc2)CC1. The van der Waals surface area contributed by atoms with Gasteiger partial charge in [0.15, 0.2) is 0 Å². The van der Waals surface area contributed by atoms with Gasteiger partial charge in [-0.1, -0.05) is 0 Å². The Morgan fingerprint density at radius 1 is 0.897 bits per heavy atom. The second-order valence-electron chi connectivity index (χ2n) is 7.66. The molecular weight excluding hydrogens is 416 g/mol. The number of amides is 1. The number of piperazine rings is 1. The number of piperidine rings is 1. The summed E-state index contributed by atoms with van der Waals surface area (Å²) < 4.78 is 51.5. The number of hydrogen-bond acceptors (Lipinski definition) is 6. The molecule has 0 bridgehead atoms. The zero-order chi connectivity index (χ0) is 21.2. The molecule has 2 aliphatic rings. The summed E-state index contributed by atoms with van der Waals surface area (Å²) >= 11 is 0. The Morgan fingerprint density at radius 3 is 1.97 bits per heavy atom. The van der Waals surface area contributed by atoms with E-state index in [1.807, 2.05) is 7.05 Å². The van der Waals surface area contributed by atoms with Crippen LogP contribution in [-0.2, 0) is 24.8 Å². The third-order valence-electron chi connectivity index (χ3n) is 5.52. The van der Waals surface area contributed by atoms with E-state index in [0.29, 0.717) is 57.8 Å². The third kappa shape index (κ3) is 5.34. The summed E-state index contributed by atoms with van der Waals surface area (Å²) in [6.45, 7) is 2.99. The zero-order valence-electron chi connectivity index (χ0n) is 16.7. The highest BCUT2D eigenvalue weighted by molar-refractivity contribution is 7.89. The van der Waals surface area contributed by atoms with Gasteiger partial charge in [0.2, 0.25) is 26.0 Å². The van der Waals surface area contributed by atoms with Crippen LogP contribution in [0.15, 0.2) is 29.2 Å². The van der Waals surface area contributed by atoms with E-state index >= 15 is 0 Å². The molecule has 2 heterocycles. The van der Waals surface area contributed by atoms with Crippen LogP contribution in [0, 0.1) is 5.92 Å². The van der Waals surface area contributed by atoms with Crippen LogP contribution in [0.1, 0.15) is 12.8 Å². The Kier molecular flexibility index (Phi) is 6.64. The molecule has 162 valence electrons. The van der Waals surface area contributed by atoms with Crippen molar-refractivity contribution < 1.29 is 21.6 Å². The van der Waals surface area contributed by atoms with Gasteiger partial charge in [0, 0.05) is 50.9 Å². The summed E-state index contributed by atoms with van der Waals surface area (Å²) in [5.74, 6) is -0.436. The minimum atomic E-state index is -3.54. The van der Waals surface area contributed by atoms with Gasteiger partial charge in [-0.2, -0.15) is 4.31 Å². The minimum absolute atomic E-state index is 0.173. The molecule has 0 radical (unpaired) electrons. The smallest absolute Gasteiger partial charge is 0.243 e. The van der Waals surface area contributed by atoms with Crippen molar-refractivity contribution in [1.29, 1.82) is 0 Å². The molecule has 0 unspecified atom stereocenters. The normalized spacial score (nSPS) is 21.2. The van der Waals surface area contributed by atoms with Crippen molar-refractivity contribution in [1.82, 2.24) is 13.5 Å². The molecule has 0 saturated carbocycles. The molecule has 9 nitrogen and oxygen atoms in total. The van der Waals surface area contributed by atoms with Gasteiger partial charge in [-0.15, -0.1) is 0 Å². The van der Waals surface area contributed by atoms with E-state index in [-0.39, 0.29) is 16.7 Å². The highest BCUT2D eigenvalue weighted by Crippen LogP contribution is 2.23. The van der Waals surface area contributed by atoms with E-state index in [4.69, 9.17) is 0 Å². The predicted octanol–water partition coefficient (Wildman–Crippen LogP) is 0.233. The van der Waals surface area contributed by atoms with Crippen LogP contribution in [0.5, 0.6) is 0 Å². The quantitative estimate of drug-likeness (QED) is 0.697. The molecule has 0 spiro atoms. The number of likely N-dealkylation sites (N-methyl/N-ethyl adjacent to an activating group) is 1. The lowest BCUT2D eigenvalue weighted by atomic mass is 9.97. The first kappa shape index (κ1) is 22.2. The van der Waals surface area contributed by atoms with Crippen molar-refractivity contribution in [3.63, 3.8) is 0 Å². The fourth-order valence-electron chi connectivity index (χ4n) is 3.58. The number of hydrogen-bond donors (Lipinski definition) is 1. The van der Waals surface area contributed by atoms with E-state index in [0.717, 1.165) is 0 Å². The van der Waals surface area contributed by atoms with Crippen LogP contribution >= 0.6 is 0 Å². The van der Waals surface area contributed by atoms with Crippen LogP contribution in [0.25, 0.3) is 0 Å². The molecule has 2 fully saturated rings. The molecule has 3 rings (SSSR count). The number of carbonyl (C=O) groups is 1. The highest BCUT2D eigenvalue weighted by Gasteiger charge is 2.30. The minimum Gasteiger partial charge on any atom is -0.326 e. The van der Waals surface area contributed by atoms with Crippen molar-refractivity contribution >= 4 is 31.6 Å². The monoisotopic (exact) mass is 444 g/mol. The molecule has 1 N–H and O–H groups in total. The summed E-state index contributed by atoms with van der Waals surface area (Å²) in [5.41, 5.74) is 0.526. The highest BCUT2D eigenvalue weighted by atomic mass is 32.2. The average Bonchev–Trinajstić information content (AvgIpc) is 2.68. The van der Waals surface area contributed by atoms with Crippen molar-refractivity contribution in [2.45, 2.75) is 17.7 Å². The second kappa shape index (κ2) is 8.68. The fourth-order valence-corrected chi connectivity index (χ4v) is 5.88. The molecule has 0 aliphatic carbocycles. The lowest BCUT2D eigenvalue weighted by Crippen LogP contribution is -2.46. The summed E-state index contributed by atoms with van der Waals surface area (Å²) in [7, 11) is -4.80. The summed E-state index contributed by atoms with van der Waals surface area (Å²) in [5, 5.41) is 2.81. The molecular formula is C18H28N4O5S2. The van der Waals surface area contributed by atoms with Crippen molar-refractivity contribution in [3.05, 3.63) is 24.3 Å². The number of nitrogens with zero attached hydrogens (tertiary/aromatic N) is 3. The molecule has 2 saturated heterocycles. The maximum absolute atomic E-state index is 12.8. The molecule has 1 aromatic rings. The molecule has 1 amide bonds. The van der Waals surface area contributed by atoms with Gasteiger partial charge in [0.25, 0.3) is 0 Å². The van der Waals surface area contributed by atoms with Gasteiger partial charge in [0.05, 0.1) is 11.2 Å². The number of nitrogens with one attached hydrogen (secondary N) is 1. The Labute approximate surface area is 172 Å². The second-order valence-corrected chi connectivity index (χ2v) is 11.6. The number of rotatable bonds is 5. The van der Waals surface area contributed by atoms with Crippen LogP contribution in [0.2, 0.25) is 0 Å². The van der Waals surface area contributed by atoms with Crippen molar-refractivity contribution in [3.8, 4) is 0 Å². The Morgan fingerprint density at radius 2 is 1.45 bits per heavy atom. The van der Waals surface area contributed by atoms with Gasteiger partial charge in [0.1, 0.15) is 0 Å². The van der Waals surface area contributed by atoms with E-state index in [9.17, 15) is 21.6 Å². The standard InChI is InChI=1S/C18H28N4O5S2/c1-20-11-13-22(14-12-20)29(26,27)17-5-3-16(4-6-17)19-18(23)15-7-9-21(10-8-15)28(2,24)25/h3-6,15H,7-14H2,1-2H3,(H,19,23). The molecule has 2 aliphatic heterocycles. The van der Waals surface area contributed by atoms with Gasteiger partial charge in [-0.3, -0.25) is 4.79 Å². The first-order valence-electron chi connectivity index (χ1n) is 9.62. The van der Waals surface area contributed by atoms with Crippen LogP contribution in [0.4, 0.5) is 5.69 Å². The maximum atomic E-state index is 12.8. The lowest BCUT2D eigenvalue weighted by Gasteiger charge is -2.31. The summed E-state index contributed by atoms with van der Waals surface area (Å²) in [6.07, 6.45) is 2.11. The molecule has 1 aromatic carbocycles. The van der Waals surface area contributed by atoms with E-state index in [1.165, 1.54) is 27.0 Å². The third-order valence-corrected chi connectivity index (χ3v) is 8.73. The largest absolute Gasteiger partial charge is 0.326 e. The van der Waals surface area contributed by atoms with Gasteiger partial charge < -0.3 is 10.2 Å². The first-order chi connectivity index (χ1) is 13.6. The van der Waals surface area contributed by atoms with Crippen LogP contribution < -0.4 is 5.32 Å². The topological polar surface area (TPSA) is 107 Å². The zero-order valence-corrected chi connectivity index (χ0v) is 18.4. The summed E-state index contributed by atoms with van der Waals surface area (Å²) in [4.78, 5) is 14.8. The maximum Gasteiger partial charge on any atom is 0.243 e. The fraction of sp³-hybridized carbons (Fsp3) is 0.611.